The molecule has 1 atom stereocenters. The van der Waals surface area contributed by atoms with Crippen LogP contribution in [0.3, 0.4) is 0 Å². The number of carbonyl (C=O) groups is 1. The molecule has 17 heavy (non-hydrogen) atoms. The van der Waals surface area contributed by atoms with Gasteiger partial charge in [0.25, 0.3) is 0 Å². The van der Waals surface area contributed by atoms with Crippen LogP contribution in [0.5, 0.6) is 0 Å². The minimum atomic E-state index is 0.289. The lowest BCUT2D eigenvalue weighted by molar-refractivity contribution is -0.130. The Morgan fingerprint density at radius 2 is 2.12 bits per heavy atom. The second-order valence-corrected chi connectivity index (χ2v) is 4.87. The summed E-state index contributed by atoms with van der Waals surface area (Å²) < 4.78 is 0. The van der Waals surface area contributed by atoms with Crippen LogP contribution in [0.1, 0.15) is 33.1 Å². The smallest absolute Gasteiger partial charge is 0.222 e. The summed E-state index contributed by atoms with van der Waals surface area (Å²) in [6.45, 7) is 10.2. The molecule has 1 rings (SSSR count). The van der Waals surface area contributed by atoms with Crippen molar-refractivity contribution in [1.82, 2.24) is 9.80 Å². The van der Waals surface area contributed by atoms with E-state index < -0.39 is 0 Å². The highest BCUT2D eigenvalue weighted by molar-refractivity contribution is 5.76. The maximum atomic E-state index is 11.8. The molecule has 1 amide bonds. The summed E-state index contributed by atoms with van der Waals surface area (Å²) in [4.78, 5) is 16.3. The first-order valence-electron chi connectivity index (χ1n) is 6.91. The Labute approximate surface area is 105 Å². The third-order valence-corrected chi connectivity index (χ3v) is 3.64. The predicted octanol–water partition coefficient (Wildman–Crippen LogP) is 0.916. The van der Waals surface area contributed by atoms with Gasteiger partial charge in [-0.15, -0.1) is 0 Å². The summed E-state index contributed by atoms with van der Waals surface area (Å²) >= 11 is 0. The van der Waals surface area contributed by atoms with Crippen LogP contribution in [0.25, 0.3) is 0 Å². The number of likely N-dealkylation sites (tertiary alicyclic amines) is 1. The van der Waals surface area contributed by atoms with E-state index in [9.17, 15) is 4.79 Å². The molecule has 1 unspecified atom stereocenters. The van der Waals surface area contributed by atoms with Crippen molar-refractivity contribution in [2.24, 2.45) is 11.7 Å². The molecule has 100 valence electrons. The molecule has 4 heteroatoms. The number of nitrogens with two attached hydrogens (primary N) is 1. The number of nitrogens with zero attached hydrogens (tertiary/aromatic N) is 2. The highest BCUT2D eigenvalue weighted by atomic mass is 16.2. The zero-order valence-electron chi connectivity index (χ0n) is 11.3. The molecule has 1 heterocycles. The first-order chi connectivity index (χ1) is 8.21. The van der Waals surface area contributed by atoms with Gasteiger partial charge in [0.2, 0.25) is 5.91 Å². The average molecular weight is 241 g/mol. The van der Waals surface area contributed by atoms with Gasteiger partial charge in [-0.05, 0) is 38.4 Å². The van der Waals surface area contributed by atoms with E-state index in [1.54, 1.807) is 0 Å². The lowest BCUT2D eigenvalue weighted by atomic mass is 10.1. The van der Waals surface area contributed by atoms with Gasteiger partial charge < -0.3 is 15.5 Å². The van der Waals surface area contributed by atoms with Gasteiger partial charge in [0.1, 0.15) is 0 Å². The SMILES string of the molecule is CCN(CC)CC1CCN(C(=O)CCCN)C1. The van der Waals surface area contributed by atoms with Crippen LogP contribution in [-0.2, 0) is 4.79 Å². The summed E-state index contributed by atoms with van der Waals surface area (Å²) in [7, 11) is 0. The Hall–Kier alpha value is -0.610. The van der Waals surface area contributed by atoms with Crippen molar-refractivity contribution in [1.29, 1.82) is 0 Å². The van der Waals surface area contributed by atoms with Crippen LogP contribution in [0, 0.1) is 5.92 Å². The third kappa shape index (κ3) is 4.64. The zero-order valence-corrected chi connectivity index (χ0v) is 11.3. The van der Waals surface area contributed by atoms with E-state index >= 15 is 0 Å². The topological polar surface area (TPSA) is 49.6 Å². The van der Waals surface area contributed by atoms with Gasteiger partial charge in [-0.3, -0.25) is 4.79 Å². The molecule has 0 aromatic rings. The molecule has 0 saturated carbocycles. The Morgan fingerprint density at radius 3 is 2.71 bits per heavy atom. The van der Waals surface area contributed by atoms with Crippen LogP contribution >= 0.6 is 0 Å². The van der Waals surface area contributed by atoms with Gasteiger partial charge in [-0.1, -0.05) is 13.8 Å². The number of hydrogen-bond donors (Lipinski definition) is 1. The number of hydrogen-bond acceptors (Lipinski definition) is 3. The first kappa shape index (κ1) is 14.5. The van der Waals surface area contributed by atoms with Crippen molar-refractivity contribution >= 4 is 5.91 Å². The van der Waals surface area contributed by atoms with Crippen molar-refractivity contribution in [2.75, 3.05) is 39.3 Å². The molecule has 0 bridgehead atoms. The highest BCUT2D eigenvalue weighted by Crippen LogP contribution is 2.18. The van der Waals surface area contributed by atoms with Crippen molar-refractivity contribution < 1.29 is 4.79 Å². The van der Waals surface area contributed by atoms with Gasteiger partial charge in [0, 0.05) is 26.1 Å². The molecule has 1 fully saturated rings. The molecule has 0 spiro atoms. The summed E-state index contributed by atoms with van der Waals surface area (Å²) in [5.74, 6) is 0.953. The lowest BCUT2D eigenvalue weighted by Gasteiger charge is -2.22. The zero-order chi connectivity index (χ0) is 12.7. The van der Waals surface area contributed by atoms with Crippen LogP contribution in [0.2, 0.25) is 0 Å². The Bertz CT molecular complexity index is 229. The first-order valence-corrected chi connectivity index (χ1v) is 6.91. The van der Waals surface area contributed by atoms with Gasteiger partial charge in [-0.2, -0.15) is 0 Å². The fourth-order valence-corrected chi connectivity index (χ4v) is 2.47. The maximum absolute atomic E-state index is 11.8. The van der Waals surface area contributed by atoms with Crippen LogP contribution < -0.4 is 5.73 Å². The monoisotopic (exact) mass is 241 g/mol. The van der Waals surface area contributed by atoms with Crippen LogP contribution in [0.4, 0.5) is 0 Å². The average Bonchev–Trinajstić information content (AvgIpc) is 2.81. The number of rotatable bonds is 7. The van der Waals surface area contributed by atoms with E-state index in [0.29, 0.717) is 18.9 Å². The molecule has 0 aliphatic carbocycles. The summed E-state index contributed by atoms with van der Waals surface area (Å²) in [6.07, 6.45) is 2.59. The van der Waals surface area contributed by atoms with Crippen LogP contribution in [0.15, 0.2) is 0 Å². The van der Waals surface area contributed by atoms with Gasteiger partial charge in [-0.25, -0.2) is 0 Å². The van der Waals surface area contributed by atoms with E-state index in [4.69, 9.17) is 5.73 Å². The number of amides is 1. The molecule has 1 saturated heterocycles. The fourth-order valence-electron chi connectivity index (χ4n) is 2.47. The van der Waals surface area contributed by atoms with Crippen molar-refractivity contribution in [3.05, 3.63) is 0 Å². The van der Waals surface area contributed by atoms with Crippen molar-refractivity contribution in [3.8, 4) is 0 Å². The molecule has 1 aliphatic rings. The Morgan fingerprint density at radius 1 is 1.41 bits per heavy atom. The van der Waals surface area contributed by atoms with E-state index in [-0.39, 0.29) is 5.91 Å². The largest absolute Gasteiger partial charge is 0.342 e. The second-order valence-electron chi connectivity index (χ2n) is 4.87. The van der Waals surface area contributed by atoms with Crippen molar-refractivity contribution in [3.63, 3.8) is 0 Å². The molecule has 2 N–H and O–H groups in total. The van der Waals surface area contributed by atoms with Gasteiger partial charge in [0.15, 0.2) is 0 Å². The Balaban J connectivity index is 2.29. The molecule has 4 nitrogen and oxygen atoms in total. The van der Waals surface area contributed by atoms with Gasteiger partial charge >= 0.3 is 0 Å². The summed E-state index contributed by atoms with van der Waals surface area (Å²) in [6, 6.07) is 0. The van der Waals surface area contributed by atoms with E-state index in [2.05, 4.69) is 18.7 Å². The fraction of sp³-hybridized carbons (Fsp3) is 0.923. The molecule has 1 aliphatic heterocycles. The Kier molecular flexibility index (Phi) is 6.52. The maximum Gasteiger partial charge on any atom is 0.222 e. The second kappa shape index (κ2) is 7.67. The predicted molar refractivity (Wildman–Crippen MR) is 70.8 cm³/mol. The summed E-state index contributed by atoms with van der Waals surface area (Å²) in [5.41, 5.74) is 5.43. The van der Waals surface area contributed by atoms with E-state index in [0.717, 1.165) is 45.6 Å². The standard InChI is InChI=1S/C13H27N3O/c1-3-15(4-2)10-12-7-9-16(11-12)13(17)6-5-8-14/h12H,3-11,14H2,1-2H3. The normalized spacial score (nSPS) is 20.2. The molecular weight excluding hydrogens is 214 g/mol. The lowest BCUT2D eigenvalue weighted by Crippen LogP contribution is -2.33. The van der Waals surface area contributed by atoms with Gasteiger partial charge in [0.05, 0.1) is 0 Å². The molecule has 0 aromatic carbocycles. The minimum Gasteiger partial charge on any atom is -0.342 e. The molecule has 0 aromatic heterocycles. The van der Waals surface area contributed by atoms with Crippen molar-refractivity contribution in [2.45, 2.75) is 33.1 Å². The van der Waals surface area contributed by atoms with Crippen LogP contribution in [-0.4, -0.2) is 55.0 Å². The highest BCUT2D eigenvalue weighted by Gasteiger charge is 2.26. The molecular formula is C13H27N3O. The number of carbonyl (C=O) groups excluding carboxylic acids is 1. The van der Waals surface area contributed by atoms with E-state index in [1.807, 2.05) is 4.90 Å². The molecule has 0 radical (unpaired) electrons. The quantitative estimate of drug-likeness (QED) is 0.721. The minimum absolute atomic E-state index is 0.289. The van der Waals surface area contributed by atoms with E-state index in [1.165, 1.54) is 0 Å². The summed E-state index contributed by atoms with van der Waals surface area (Å²) in [5, 5.41) is 0. The third-order valence-electron chi connectivity index (χ3n) is 3.64.